The van der Waals surface area contributed by atoms with Gasteiger partial charge in [0.25, 0.3) is 0 Å². The third-order valence-corrected chi connectivity index (χ3v) is 3.95. The van der Waals surface area contributed by atoms with Crippen molar-refractivity contribution in [2.24, 2.45) is 5.92 Å². The molecule has 0 aliphatic heterocycles. The van der Waals surface area contributed by atoms with Gasteiger partial charge in [0.2, 0.25) is 0 Å². The lowest BCUT2D eigenvalue weighted by Crippen LogP contribution is -2.14. The van der Waals surface area contributed by atoms with Gasteiger partial charge in [0.05, 0.1) is 5.52 Å². The van der Waals surface area contributed by atoms with Crippen molar-refractivity contribution in [2.75, 3.05) is 5.32 Å². The van der Waals surface area contributed by atoms with E-state index in [4.69, 9.17) is 0 Å². The van der Waals surface area contributed by atoms with Crippen molar-refractivity contribution in [2.45, 2.75) is 32.2 Å². The van der Waals surface area contributed by atoms with Crippen LogP contribution in [0.1, 0.15) is 26.2 Å². The van der Waals surface area contributed by atoms with Crippen LogP contribution in [0.5, 0.6) is 0 Å². The Kier molecular flexibility index (Phi) is 2.56. The highest BCUT2D eigenvalue weighted by Gasteiger charge is 2.23. The molecular weight excluding hydrogens is 216 g/mol. The van der Waals surface area contributed by atoms with Crippen molar-refractivity contribution < 1.29 is 0 Å². The van der Waals surface area contributed by atoms with Crippen LogP contribution in [0.3, 0.4) is 0 Å². The second kappa shape index (κ2) is 4.06. The lowest BCUT2D eigenvalue weighted by atomic mass is 10.1. The number of rotatable bonds is 4. The largest absolute Gasteiger partial charge is 0.373 e. The predicted octanol–water partition coefficient (Wildman–Crippen LogP) is 3.90. The molecule has 3 rings (SSSR count). The van der Waals surface area contributed by atoms with E-state index >= 15 is 0 Å². The molecule has 2 aromatic rings. The number of aromatic nitrogens is 1. The van der Waals surface area contributed by atoms with Crippen molar-refractivity contribution in [1.82, 2.24) is 4.37 Å². The molecule has 3 heteroatoms. The number of nitrogens with one attached hydrogen (secondary N) is 1. The minimum atomic E-state index is 0.566. The fourth-order valence-electron chi connectivity index (χ4n) is 2.13. The first-order valence-corrected chi connectivity index (χ1v) is 6.71. The third kappa shape index (κ3) is 2.05. The van der Waals surface area contributed by atoms with Gasteiger partial charge >= 0.3 is 0 Å². The molecule has 1 aliphatic carbocycles. The molecule has 1 aliphatic rings. The summed E-state index contributed by atoms with van der Waals surface area (Å²) in [6.45, 7) is 2.27. The molecule has 0 saturated heterocycles. The minimum absolute atomic E-state index is 0.566. The van der Waals surface area contributed by atoms with Gasteiger partial charge in [0.1, 0.15) is 5.00 Å². The van der Waals surface area contributed by atoms with Crippen LogP contribution in [0.4, 0.5) is 5.00 Å². The van der Waals surface area contributed by atoms with Crippen LogP contribution < -0.4 is 5.32 Å². The van der Waals surface area contributed by atoms with Crippen molar-refractivity contribution in [3.05, 3.63) is 24.3 Å². The van der Waals surface area contributed by atoms with Gasteiger partial charge < -0.3 is 5.32 Å². The molecule has 1 heterocycles. The first-order chi connectivity index (χ1) is 7.83. The average molecular weight is 232 g/mol. The van der Waals surface area contributed by atoms with Crippen LogP contribution in [-0.4, -0.2) is 10.4 Å². The van der Waals surface area contributed by atoms with E-state index in [1.54, 1.807) is 11.5 Å². The lowest BCUT2D eigenvalue weighted by Gasteiger charge is -2.12. The van der Waals surface area contributed by atoms with Gasteiger partial charge in [-0.3, -0.25) is 0 Å². The monoisotopic (exact) mass is 232 g/mol. The van der Waals surface area contributed by atoms with Gasteiger partial charge in [0, 0.05) is 11.4 Å². The van der Waals surface area contributed by atoms with Crippen LogP contribution in [0.2, 0.25) is 0 Å². The molecule has 1 N–H and O–H groups in total. The van der Waals surface area contributed by atoms with Crippen LogP contribution in [0, 0.1) is 5.92 Å². The SMILES string of the molecule is CC(CC1CC1)Nc1snc2ccccc12. The molecule has 84 valence electrons. The van der Waals surface area contributed by atoms with Gasteiger partial charge in [-0.2, -0.15) is 4.37 Å². The number of hydrogen-bond acceptors (Lipinski definition) is 3. The van der Waals surface area contributed by atoms with Crippen molar-refractivity contribution in [3.63, 3.8) is 0 Å². The van der Waals surface area contributed by atoms with Gasteiger partial charge in [-0.1, -0.05) is 25.0 Å². The maximum absolute atomic E-state index is 4.45. The molecule has 0 amide bonds. The molecule has 1 aromatic carbocycles. The molecule has 0 spiro atoms. The molecule has 2 nitrogen and oxygen atoms in total. The smallest absolute Gasteiger partial charge is 0.117 e. The first kappa shape index (κ1) is 10.1. The van der Waals surface area contributed by atoms with Crippen LogP contribution in [-0.2, 0) is 0 Å². The number of hydrogen-bond donors (Lipinski definition) is 1. The maximum Gasteiger partial charge on any atom is 0.117 e. The molecule has 0 bridgehead atoms. The molecular formula is C13H16N2S. The summed E-state index contributed by atoms with van der Waals surface area (Å²) >= 11 is 1.58. The summed E-state index contributed by atoms with van der Waals surface area (Å²) in [5.74, 6) is 0.974. The van der Waals surface area contributed by atoms with Crippen LogP contribution in [0.25, 0.3) is 10.9 Å². The van der Waals surface area contributed by atoms with E-state index in [-0.39, 0.29) is 0 Å². The van der Waals surface area contributed by atoms with E-state index < -0.39 is 0 Å². The van der Waals surface area contributed by atoms with Crippen LogP contribution >= 0.6 is 11.5 Å². The summed E-state index contributed by atoms with van der Waals surface area (Å²) in [6, 6.07) is 8.90. The molecule has 1 aromatic heterocycles. The Morgan fingerprint density at radius 2 is 2.25 bits per heavy atom. The van der Waals surface area contributed by atoms with Crippen molar-refractivity contribution in [3.8, 4) is 0 Å². The zero-order chi connectivity index (χ0) is 11.0. The number of benzene rings is 1. The molecule has 0 radical (unpaired) electrons. The fourth-order valence-corrected chi connectivity index (χ4v) is 3.00. The summed E-state index contributed by atoms with van der Waals surface area (Å²) in [5, 5.41) is 6.08. The third-order valence-electron chi connectivity index (χ3n) is 3.15. The van der Waals surface area contributed by atoms with Gasteiger partial charge in [-0.25, -0.2) is 0 Å². The fraction of sp³-hybridized carbons (Fsp3) is 0.462. The van der Waals surface area contributed by atoms with Crippen LogP contribution in [0.15, 0.2) is 24.3 Å². The Balaban J connectivity index is 1.77. The Morgan fingerprint density at radius 1 is 1.44 bits per heavy atom. The number of nitrogens with zero attached hydrogens (tertiary/aromatic N) is 1. The second-order valence-electron chi connectivity index (χ2n) is 4.75. The van der Waals surface area contributed by atoms with Gasteiger partial charge in [-0.05, 0) is 42.9 Å². The Morgan fingerprint density at radius 3 is 3.06 bits per heavy atom. The summed E-state index contributed by atoms with van der Waals surface area (Å²) < 4.78 is 4.45. The molecule has 16 heavy (non-hydrogen) atoms. The van der Waals surface area contributed by atoms with E-state index in [0.717, 1.165) is 11.4 Å². The zero-order valence-corrected chi connectivity index (χ0v) is 10.3. The van der Waals surface area contributed by atoms with E-state index in [9.17, 15) is 0 Å². The topological polar surface area (TPSA) is 24.9 Å². The Labute approximate surface area is 99.8 Å². The highest BCUT2D eigenvalue weighted by atomic mass is 32.1. The summed E-state index contributed by atoms with van der Waals surface area (Å²) in [6.07, 6.45) is 4.15. The highest BCUT2D eigenvalue weighted by Crippen LogP contribution is 2.35. The molecule has 1 unspecified atom stereocenters. The van der Waals surface area contributed by atoms with E-state index in [0.29, 0.717) is 6.04 Å². The van der Waals surface area contributed by atoms with Crippen molar-refractivity contribution >= 4 is 27.4 Å². The summed E-state index contributed by atoms with van der Waals surface area (Å²) in [5.41, 5.74) is 1.11. The summed E-state index contributed by atoms with van der Waals surface area (Å²) in [7, 11) is 0. The maximum atomic E-state index is 4.45. The highest BCUT2D eigenvalue weighted by molar-refractivity contribution is 7.11. The lowest BCUT2D eigenvalue weighted by molar-refractivity contribution is 0.644. The van der Waals surface area contributed by atoms with Gasteiger partial charge in [0.15, 0.2) is 0 Å². The molecule has 1 atom stereocenters. The Hall–Kier alpha value is -1.09. The van der Waals surface area contributed by atoms with E-state index in [1.807, 2.05) is 6.07 Å². The van der Waals surface area contributed by atoms with E-state index in [1.165, 1.54) is 29.6 Å². The van der Waals surface area contributed by atoms with E-state index in [2.05, 4.69) is 34.8 Å². The van der Waals surface area contributed by atoms with Crippen molar-refractivity contribution in [1.29, 1.82) is 0 Å². The molecule has 1 saturated carbocycles. The quantitative estimate of drug-likeness (QED) is 0.865. The second-order valence-corrected chi connectivity index (χ2v) is 5.53. The molecule has 1 fully saturated rings. The summed E-state index contributed by atoms with van der Waals surface area (Å²) in [4.78, 5) is 0. The number of fused-ring (bicyclic) bond motifs is 1. The normalized spacial score (nSPS) is 17.6. The number of anilines is 1. The predicted molar refractivity (Wildman–Crippen MR) is 70.0 cm³/mol. The Bertz CT molecular complexity index is 487. The standard InChI is InChI=1S/C13H16N2S/c1-9(8-10-6-7-10)14-13-11-4-2-3-5-12(11)15-16-13/h2-5,9-10,14H,6-8H2,1H3. The zero-order valence-electron chi connectivity index (χ0n) is 9.44. The van der Waals surface area contributed by atoms with Gasteiger partial charge in [-0.15, -0.1) is 0 Å². The minimum Gasteiger partial charge on any atom is -0.373 e. The first-order valence-electron chi connectivity index (χ1n) is 5.94. The average Bonchev–Trinajstić information content (AvgIpc) is 3.00.